The van der Waals surface area contributed by atoms with Gasteiger partial charge in [-0.1, -0.05) is 35.9 Å². The molecule has 1 aromatic rings. The Morgan fingerprint density at radius 3 is 2.47 bits per heavy atom. The number of carbonyl (C=O) groups excluding carboxylic acids is 1. The number of esters is 1. The number of hydrogen-bond donors (Lipinski definition) is 0. The number of hydrogen-bond acceptors (Lipinski definition) is 3. The molecule has 2 atom stereocenters. The lowest BCUT2D eigenvalue weighted by atomic mass is 9.90. The van der Waals surface area contributed by atoms with E-state index in [1.165, 1.54) is 7.11 Å². The van der Waals surface area contributed by atoms with Gasteiger partial charge in [0.25, 0.3) is 0 Å². The second kappa shape index (κ2) is 6.04. The van der Waals surface area contributed by atoms with Crippen LogP contribution in [0.2, 0.25) is 5.02 Å². The highest BCUT2D eigenvalue weighted by atomic mass is 35.5. The Bertz CT molecular complexity index is 517. The zero-order valence-electron chi connectivity index (χ0n) is 10.8. The molecule has 0 N–H and O–H groups in total. The Morgan fingerprint density at radius 2 is 1.89 bits per heavy atom. The lowest BCUT2D eigenvalue weighted by Gasteiger charge is -2.23. The van der Waals surface area contributed by atoms with Gasteiger partial charge in [-0.15, -0.1) is 0 Å². The van der Waals surface area contributed by atoms with Crippen LogP contribution in [0.4, 0.5) is 0 Å². The van der Waals surface area contributed by atoms with Crippen LogP contribution < -0.4 is 0 Å². The third-order valence-corrected chi connectivity index (χ3v) is 3.36. The second-order valence-corrected chi connectivity index (χ2v) is 4.67. The van der Waals surface area contributed by atoms with Gasteiger partial charge in [0.05, 0.1) is 13.2 Å². The van der Waals surface area contributed by atoms with Gasteiger partial charge in [-0.05, 0) is 29.3 Å². The Morgan fingerprint density at radius 1 is 1.21 bits per heavy atom. The highest BCUT2D eigenvalue weighted by Gasteiger charge is 2.28. The van der Waals surface area contributed by atoms with E-state index in [1.807, 2.05) is 42.5 Å². The topological polar surface area (TPSA) is 35.5 Å². The minimum Gasteiger partial charge on any atom is -0.468 e. The van der Waals surface area contributed by atoms with Crippen LogP contribution in [-0.4, -0.2) is 26.3 Å². The largest absolute Gasteiger partial charge is 0.468 e. The zero-order chi connectivity index (χ0) is 13.8. The van der Waals surface area contributed by atoms with E-state index in [4.69, 9.17) is 21.1 Å². The molecule has 2 rings (SSSR count). The first-order valence-electron chi connectivity index (χ1n) is 5.92. The molecule has 3 nitrogen and oxygen atoms in total. The summed E-state index contributed by atoms with van der Waals surface area (Å²) in [5, 5.41) is 0.694. The van der Waals surface area contributed by atoms with Gasteiger partial charge in [-0.2, -0.15) is 0 Å². The van der Waals surface area contributed by atoms with E-state index in [-0.39, 0.29) is 12.1 Å². The predicted molar refractivity (Wildman–Crippen MR) is 74.9 cm³/mol. The molecule has 0 aliphatic heterocycles. The molecule has 1 aliphatic rings. The summed E-state index contributed by atoms with van der Waals surface area (Å²) in [5.74, 6) is -0.694. The Labute approximate surface area is 117 Å². The van der Waals surface area contributed by atoms with Crippen molar-refractivity contribution in [2.24, 2.45) is 5.92 Å². The number of methoxy groups -OCH3 is 2. The predicted octanol–water partition coefficient (Wildman–Crippen LogP) is 3.10. The van der Waals surface area contributed by atoms with Crippen molar-refractivity contribution < 1.29 is 14.3 Å². The van der Waals surface area contributed by atoms with E-state index >= 15 is 0 Å². The van der Waals surface area contributed by atoms with Crippen LogP contribution in [0, 0.1) is 5.92 Å². The van der Waals surface area contributed by atoms with Crippen LogP contribution in [-0.2, 0) is 14.3 Å². The lowest BCUT2D eigenvalue weighted by Crippen LogP contribution is -2.29. The summed E-state index contributed by atoms with van der Waals surface area (Å²) in [7, 11) is 2.96. The molecule has 0 amide bonds. The number of benzene rings is 1. The lowest BCUT2D eigenvalue weighted by molar-refractivity contribution is -0.146. The van der Waals surface area contributed by atoms with E-state index in [1.54, 1.807) is 7.11 Å². The maximum absolute atomic E-state index is 11.6. The monoisotopic (exact) mass is 278 g/mol. The molecule has 2 unspecified atom stereocenters. The quantitative estimate of drug-likeness (QED) is 0.797. The SMILES string of the molecule is COC(=O)C1C=CC(c2ccc(Cl)cc2)=CC1OC. The van der Waals surface area contributed by atoms with Crippen molar-refractivity contribution in [3.05, 3.63) is 53.1 Å². The molecule has 4 heteroatoms. The molecule has 0 aromatic heterocycles. The minimum atomic E-state index is -0.397. The van der Waals surface area contributed by atoms with Crippen LogP contribution in [0.3, 0.4) is 0 Å². The molecule has 0 bridgehead atoms. The summed E-state index contributed by atoms with van der Waals surface area (Å²) in [6.07, 6.45) is 5.32. The van der Waals surface area contributed by atoms with Crippen LogP contribution >= 0.6 is 11.6 Å². The average molecular weight is 279 g/mol. The minimum absolute atomic E-state index is 0.297. The molecular formula is C15H15ClO3. The molecule has 0 radical (unpaired) electrons. The van der Waals surface area contributed by atoms with E-state index in [0.717, 1.165) is 11.1 Å². The highest BCUT2D eigenvalue weighted by Crippen LogP contribution is 2.27. The maximum Gasteiger partial charge on any atom is 0.315 e. The number of ether oxygens (including phenoxy) is 2. The maximum atomic E-state index is 11.6. The fourth-order valence-electron chi connectivity index (χ4n) is 2.05. The molecule has 0 heterocycles. The molecule has 19 heavy (non-hydrogen) atoms. The summed E-state index contributed by atoms with van der Waals surface area (Å²) < 4.78 is 10.1. The second-order valence-electron chi connectivity index (χ2n) is 4.24. The van der Waals surface area contributed by atoms with Crippen molar-refractivity contribution in [3.8, 4) is 0 Å². The smallest absolute Gasteiger partial charge is 0.315 e. The van der Waals surface area contributed by atoms with Crippen LogP contribution in [0.15, 0.2) is 42.5 Å². The Hall–Kier alpha value is -1.58. The number of allylic oxidation sites excluding steroid dienone is 2. The molecule has 0 saturated heterocycles. The van der Waals surface area contributed by atoms with Crippen molar-refractivity contribution >= 4 is 23.1 Å². The average Bonchev–Trinajstić information content (AvgIpc) is 2.46. The third-order valence-electron chi connectivity index (χ3n) is 3.10. The highest BCUT2D eigenvalue weighted by molar-refractivity contribution is 6.30. The van der Waals surface area contributed by atoms with Crippen LogP contribution in [0.1, 0.15) is 5.56 Å². The Balaban J connectivity index is 2.26. The Kier molecular flexibility index (Phi) is 4.40. The fraction of sp³-hybridized carbons (Fsp3) is 0.267. The first kappa shape index (κ1) is 13.8. The molecule has 0 saturated carbocycles. The van der Waals surface area contributed by atoms with E-state index in [0.29, 0.717) is 5.02 Å². The molecule has 1 aliphatic carbocycles. The standard InChI is InChI=1S/C15H15ClO3/c1-18-14-9-11(5-8-13(14)15(17)19-2)10-3-6-12(16)7-4-10/h3-9,13-14H,1-2H3. The summed E-state index contributed by atoms with van der Waals surface area (Å²) in [6.45, 7) is 0. The van der Waals surface area contributed by atoms with Gasteiger partial charge in [0.2, 0.25) is 0 Å². The normalized spacial score (nSPS) is 21.9. The van der Waals surface area contributed by atoms with Crippen molar-refractivity contribution in [1.29, 1.82) is 0 Å². The summed E-state index contributed by atoms with van der Waals surface area (Å²) >= 11 is 5.87. The number of rotatable bonds is 3. The first-order valence-corrected chi connectivity index (χ1v) is 6.30. The molecule has 1 aromatic carbocycles. The fourth-order valence-corrected chi connectivity index (χ4v) is 2.18. The van der Waals surface area contributed by atoms with Gasteiger partial charge >= 0.3 is 5.97 Å². The number of carbonyl (C=O) groups is 1. The summed E-state index contributed by atoms with van der Waals surface area (Å²) in [4.78, 5) is 11.6. The van der Waals surface area contributed by atoms with Gasteiger partial charge in [0.1, 0.15) is 5.92 Å². The van der Waals surface area contributed by atoms with Gasteiger partial charge in [0, 0.05) is 12.1 Å². The van der Waals surface area contributed by atoms with Gasteiger partial charge < -0.3 is 9.47 Å². The molecular weight excluding hydrogens is 264 g/mol. The molecule has 0 spiro atoms. The zero-order valence-corrected chi connectivity index (χ0v) is 11.6. The summed E-state index contributed by atoms with van der Waals surface area (Å²) in [5.41, 5.74) is 2.04. The van der Waals surface area contributed by atoms with E-state index < -0.39 is 5.92 Å². The van der Waals surface area contributed by atoms with Crippen LogP contribution in [0.5, 0.6) is 0 Å². The van der Waals surface area contributed by atoms with Gasteiger partial charge in [-0.25, -0.2) is 0 Å². The third kappa shape index (κ3) is 3.06. The van der Waals surface area contributed by atoms with Crippen molar-refractivity contribution in [1.82, 2.24) is 0 Å². The van der Waals surface area contributed by atoms with Crippen molar-refractivity contribution in [2.45, 2.75) is 6.10 Å². The first-order chi connectivity index (χ1) is 9.15. The number of halogens is 1. The van der Waals surface area contributed by atoms with Gasteiger partial charge in [-0.3, -0.25) is 4.79 Å². The van der Waals surface area contributed by atoms with Crippen molar-refractivity contribution in [2.75, 3.05) is 14.2 Å². The van der Waals surface area contributed by atoms with Gasteiger partial charge in [0.15, 0.2) is 0 Å². The van der Waals surface area contributed by atoms with E-state index in [2.05, 4.69) is 0 Å². The van der Waals surface area contributed by atoms with E-state index in [9.17, 15) is 4.79 Å². The van der Waals surface area contributed by atoms with Crippen LogP contribution in [0.25, 0.3) is 5.57 Å². The molecule has 0 fully saturated rings. The van der Waals surface area contributed by atoms with Crippen molar-refractivity contribution in [3.63, 3.8) is 0 Å². The summed E-state index contributed by atoms with van der Waals surface area (Å²) in [6, 6.07) is 7.53. The molecule has 100 valence electrons.